The summed E-state index contributed by atoms with van der Waals surface area (Å²) in [5.74, 6) is -0.984. The number of carboxylic acid groups (broad SMARTS) is 1. The number of H-pyrrole nitrogens is 1. The maximum Gasteiger partial charge on any atom is 0.343 e. The van der Waals surface area contributed by atoms with E-state index in [1.165, 1.54) is 14.9 Å². The summed E-state index contributed by atoms with van der Waals surface area (Å²) < 4.78 is 1.28. The van der Waals surface area contributed by atoms with Gasteiger partial charge in [0.1, 0.15) is 6.04 Å². The van der Waals surface area contributed by atoms with Gasteiger partial charge in [-0.1, -0.05) is 42.5 Å². The van der Waals surface area contributed by atoms with Crippen molar-refractivity contribution in [1.82, 2.24) is 19.7 Å². The van der Waals surface area contributed by atoms with Crippen LogP contribution in [0.15, 0.2) is 47.3 Å². The monoisotopic (exact) mass is 380 g/mol. The van der Waals surface area contributed by atoms with E-state index in [0.717, 1.165) is 17.4 Å². The SMILES string of the molecule is O=C(O)C1Cn2c(n[nH]c2=O)CN1C(=O)CCCc1ccc2ccccc2c1. The van der Waals surface area contributed by atoms with Crippen LogP contribution in [0.5, 0.6) is 0 Å². The molecule has 1 aliphatic heterocycles. The lowest BCUT2D eigenvalue weighted by Crippen LogP contribution is -2.51. The fourth-order valence-electron chi connectivity index (χ4n) is 3.65. The molecule has 8 nitrogen and oxygen atoms in total. The molecule has 0 saturated carbocycles. The largest absolute Gasteiger partial charge is 0.480 e. The van der Waals surface area contributed by atoms with Crippen LogP contribution in [0.1, 0.15) is 24.2 Å². The molecule has 2 aromatic carbocycles. The third kappa shape index (κ3) is 3.40. The van der Waals surface area contributed by atoms with Crippen LogP contribution in [-0.4, -0.2) is 42.7 Å². The lowest BCUT2D eigenvalue weighted by Gasteiger charge is -2.32. The van der Waals surface area contributed by atoms with Crippen molar-refractivity contribution >= 4 is 22.6 Å². The van der Waals surface area contributed by atoms with Gasteiger partial charge >= 0.3 is 11.7 Å². The quantitative estimate of drug-likeness (QED) is 0.698. The Kier molecular flexibility index (Phi) is 4.68. The van der Waals surface area contributed by atoms with Gasteiger partial charge in [-0.15, -0.1) is 0 Å². The highest BCUT2D eigenvalue weighted by Gasteiger charge is 2.36. The number of aromatic nitrogens is 3. The van der Waals surface area contributed by atoms with Gasteiger partial charge in [-0.3, -0.25) is 9.36 Å². The van der Waals surface area contributed by atoms with Crippen molar-refractivity contribution < 1.29 is 14.7 Å². The average Bonchev–Trinajstić information content (AvgIpc) is 3.07. The van der Waals surface area contributed by atoms with E-state index >= 15 is 0 Å². The van der Waals surface area contributed by atoms with Gasteiger partial charge in [0.15, 0.2) is 5.82 Å². The zero-order valence-corrected chi connectivity index (χ0v) is 15.2. The second-order valence-electron chi connectivity index (χ2n) is 6.97. The minimum atomic E-state index is -1.12. The van der Waals surface area contributed by atoms with Crippen molar-refractivity contribution in [3.05, 3.63) is 64.3 Å². The Labute approximate surface area is 160 Å². The number of fused-ring (bicyclic) bond motifs is 2. The fourth-order valence-corrected chi connectivity index (χ4v) is 3.65. The number of rotatable bonds is 5. The Bertz CT molecular complexity index is 1100. The fraction of sp³-hybridized carbons (Fsp3) is 0.300. The van der Waals surface area contributed by atoms with Crippen LogP contribution < -0.4 is 5.69 Å². The van der Waals surface area contributed by atoms with Crippen molar-refractivity contribution in [2.24, 2.45) is 0 Å². The van der Waals surface area contributed by atoms with E-state index in [1.54, 1.807) is 0 Å². The number of aryl methyl sites for hydroxylation is 1. The Morgan fingerprint density at radius 1 is 1.18 bits per heavy atom. The van der Waals surface area contributed by atoms with Gasteiger partial charge in [-0.05, 0) is 29.2 Å². The molecule has 0 radical (unpaired) electrons. The molecule has 0 saturated heterocycles. The molecular formula is C20H20N4O4. The van der Waals surface area contributed by atoms with Crippen molar-refractivity contribution in [1.29, 1.82) is 0 Å². The highest BCUT2D eigenvalue weighted by Crippen LogP contribution is 2.19. The molecule has 2 heterocycles. The molecule has 4 rings (SSSR count). The molecule has 144 valence electrons. The first-order valence-electron chi connectivity index (χ1n) is 9.17. The van der Waals surface area contributed by atoms with Crippen molar-refractivity contribution in [3.8, 4) is 0 Å². The highest BCUT2D eigenvalue weighted by atomic mass is 16.4. The van der Waals surface area contributed by atoms with Crippen molar-refractivity contribution in [2.75, 3.05) is 0 Å². The zero-order valence-electron chi connectivity index (χ0n) is 15.2. The predicted octanol–water partition coefficient (Wildman–Crippen LogP) is 1.54. The van der Waals surface area contributed by atoms with E-state index in [2.05, 4.69) is 40.5 Å². The average molecular weight is 380 g/mol. The third-order valence-corrected chi connectivity index (χ3v) is 5.16. The molecule has 8 heteroatoms. The topological polar surface area (TPSA) is 108 Å². The van der Waals surface area contributed by atoms with Crippen LogP contribution in [0, 0.1) is 0 Å². The Morgan fingerprint density at radius 3 is 2.75 bits per heavy atom. The van der Waals surface area contributed by atoms with E-state index < -0.39 is 17.7 Å². The Morgan fingerprint density at radius 2 is 1.96 bits per heavy atom. The second-order valence-corrected chi connectivity index (χ2v) is 6.97. The smallest absolute Gasteiger partial charge is 0.343 e. The molecule has 1 unspecified atom stereocenters. The minimum absolute atomic E-state index is 0.0184. The maximum absolute atomic E-state index is 12.7. The number of aliphatic carboxylic acids is 1. The number of benzene rings is 2. The zero-order chi connectivity index (χ0) is 19.7. The summed E-state index contributed by atoms with van der Waals surface area (Å²) in [6.07, 6.45) is 1.59. The first kappa shape index (κ1) is 18.0. The van der Waals surface area contributed by atoms with Gasteiger partial charge in [0.2, 0.25) is 5.91 Å². The number of carbonyl (C=O) groups is 2. The minimum Gasteiger partial charge on any atom is -0.480 e. The number of carboxylic acids is 1. The molecule has 0 aliphatic carbocycles. The summed E-state index contributed by atoms with van der Waals surface area (Å²) in [7, 11) is 0. The van der Waals surface area contributed by atoms with Gasteiger partial charge in [0, 0.05) is 6.42 Å². The summed E-state index contributed by atoms with van der Waals surface area (Å²) in [5, 5.41) is 18.0. The third-order valence-electron chi connectivity index (χ3n) is 5.16. The van der Waals surface area contributed by atoms with Crippen LogP contribution in [0.4, 0.5) is 0 Å². The van der Waals surface area contributed by atoms with Crippen molar-refractivity contribution in [3.63, 3.8) is 0 Å². The standard InChI is InChI=1S/C20H20N4O4/c25-18(7-3-4-13-8-9-14-5-1-2-6-15(14)10-13)23-12-17-21-22-20(28)24(17)11-16(23)19(26)27/h1-2,5-6,8-10,16H,3-4,7,11-12H2,(H,22,28)(H,26,27). The van der Waals surface area contributed by atoms with Crippen LogP contribution in [0.25, 0.3) is 10.8 Å². The van der Waals surface area contributed by atoms with Gasteiger partial charge in [-0.25, -0.2) is 14.7 Å². The van der Waals surface area contributed by atoms with E-state index in [-0.39, 0.29) is 25.4 Å². The summed E-state index contributed by atoms with van der Waals surface area (Å²) in [5.41, 5.74) is 0.686. The van der Waals surface area contributed by atoms with E-state index in [4.69, 9.17) is 0 Å². The summed E-state index contributed by atoms with van der Waals surface area (Å²) in [4.78, 5) is 37.2. The number of nitrogens with zero attached hydrogens (tertiary/aromatic N) is 3. The maximum atomic E-state index is 12.7. The van der Waals surface area contributed by atoms with Crippen LogP contribution >= 0.6 is 0 Å². The highest BCUT2D eigenvalue weighted by molar-refractivity contribution is 5.84. The van der Waals surface area contributed by atoms with Crippen molar-refractivity contribution in [2.45, 2.75) is 38.4 Å². The van der Waals surface area contributed by atoms with Gasteiger partial charge < -0.3 is 10.0 Å². The summed E-state index contributed by atoms with van der Waals surface area (Å²) >= 11 is 0. The Balaban J connectivity index is 1.42. The van der Waals surface area contributed by atoms with Gasteiger partial charge in [0.25, 0.3) is 0 Å². The number of aromatic amines is 1. The number of hydrogen-bond acceptors (Lipinski definition) is 4. The van der Waals surface area contributed by atoms with Crippen LogP contribution in [0.3, 0.4) is 0 Å². The second kappa shape index (κ2) is 7.30. The first-order valence-corrected chi connectivity index (χ1v) is 9.17. The number of amides is 1. The number of hydrogen-bond donors (Lipinski definition) is 2. The molecule has 1 aromatic heterocycles. The van der Waals surface area contributed by atoms with E-state index in [1.807, 2.05) is 12.1 Å². The number of nitrogens with one attached hydrogen (secondary N) is 1. The summed E-state index contributed by atoms with van der Waals surface area (Å²) in [6.45, 7) is -0.0685. The normalized spacial score (nSPS) is 16.1. The molecular weight excluding hydrogens is 360 g/mol. The lowest BCUT2D eigenvalue weighted by molar-refractivity contribution is -0.152. The molecule has 1 atom stereocenters. The molecule has 1 amide bonds. The molecule has 28 heavy (non-hydrogen) atoms. The molecule has 0 fully saturated rings. The van der Waals surface area contributed by atoms with E-state index in [9.17, 15) is 19.5 Å². The molecule has 1 aliphatic rings. The first-order chi connectivity index (χ1) is 13.5. The van der Waals surface area contributed by atoms with Crippen LogP contribution in [0.2, 0.25) is 0 Å². The molecule has 0 spiro atoms. The van der Waals surface area contributed by atoms with Gasteiger partial charge in [0.05, 0.1) is 13.1 Å². The van der Waals surface area contributed by atoms with Crippen LogP contribution in [-0.2, 0) is 29.1 Å². The van der Waals surface area contributed by atoms with E-state index in [0.29, 0.717) is 12.2 Å². The Hall–Kier alpha value is -3.42. The van der Waals surface area contributed by atoms with Gasteiger partial charge in [-0.2, -0.15) is 5.10 Å². The molecule has 2 N–H and O–H groups in total. The predicted molar refractivity (Wildman–Crippen MR) is 102 cm³/mol. The molecule has 0 bridgehead atoms. The number of carbonyl (C=O) groups excluding carboxylic acids is 1. The summed E-state index contributed by atoms with van der Waals surface area (Å²) in [6, 6.07) is 13.3. The lowest BCUT2D eigenvalue weighted by atomic mass is 10.0. The molecule has 3 aromatic rings.